The van der Waals surface area contributed by atoms with Gasteiger partial charge in [-0.15, -0.1) is 0 Å². The van der Waals surface area contributed by atoms with Gasteiger partial charge >= 0.3 is 0 Å². The molecule has 0 radical (unpaired) electrons. The van der Waals surface area contributed by atoms with Crippen LogP contribution in [0.5, 0.6) is 0 Å². The molecule has 0 aliphatic carbocycles. The molecule has 5 heteroatoms. The molecule has 106 valence electrons. The number of hydrogen-bond acceptors (Lipinski definition) is 3. The Balaban J connectivity index is 2.56. The monoisotopic (exact) mass is 328 g/mol. The normalized spacial score (nSPS) is 12.3. The molecule has 19 heavy (non-hydrogen) atoms. The summed E-state index contributed by atoms with van der Waals surface area (Å²) in [5.74, 6) is -0.149. The van der Waals surface area contributed by atoms with Gasteiger partial charge in [-0.25, -0.2) is 0 Å². The zero-order chi connectivity index (χ0) is 14.7. The van der Waals surface area contributed by atoms with Crippen molar-refractivity contribution in [3.8, 4) is 0 Å². The van der Waals surface area contributed by atoms with E-state index in [1.54, 1.807) is 13.8 Å². The van der Waals surface area contributed by atoms with Crippen molar-refractivity contribution in [3.05, 3.63) is 28.7 Å². The number of carbonyl (C=O) groups is 1. The van der Waals surface area contributed by atoms with Crippen molar-refractivity contribution in [1.82, 2.24) is 5.32 Å². The topological polar surface area (TPSA) is 61.4 Å². The van der Waals surface area contributed by atoms with Crippen LogP contribution in [-0.2, 0) is 4.79 Å². The van der Waals surface area contributed by atoms with Crippen LogP contribution in [0.3, 0.4) is 0 Å². The molecule has 4 nitrogen and oxygen atoms in total. The summed E-state index contributed by atoms with van der Waals surface area (Å²) in [5.41, 5.74) is -0.742. The highest BCUT2D eigenvalue weighted by atomic mass is 79.9. The standard InChI is InChI=1S/C14H21BrN2O2/c1-13(2,14(3,4)19)16-9-12(18)17-11-8-6-5-7-10(11)15/h5-8,16,19H,9H2,1-4H3,(H,17,18). The number of aliphatic hydroxyl groups is 1. The Bertz CT molecular complexity index is 453. The molecule has 0 saturated carbocycles. The lowest BCUT2D eigenvalue weighted by Gasteiger charge is -2.38. The Morgan fingerprint density at radius 1 is 1.26 bits per heavy atom. The average molecular weight is 329 g/mol. The van der Waals surface area contributed by atoms with Gasteiger partial charge in [0.15, 0.2) is 0 Å². The highest BCUT2D eigenvalue weighted by Gasteiger charge is 2.34. The van der Waals surface area contributed by atoms with Crippen LogP contribution in [0.25, 0.3) is 0 Å². The molecule has 0 unspecified atom stereocenters. The van der Waals surface area contributed by atoms with Crippen LogP contribution in [-0.4, -0.2) is 28.7 Å². The molecule has 0 bridgehead atoms. The van der Waals surface area contributed by atoms with Crippen molar-refractivity contribution in [2.45, 2.75) is 38.8 Å². The second-order valence-electron chi connectivity index (χ2n) is 5.57. The third-order valence-electron chi connectivity index (χ3n) is 3.37. The van der Waals surface area contributed by atoms with Gasteiger partial charge in [0.2, 0.25) is 5.91 Å². The molecule has 0 fully saturated rings. The molecule has 0 aliphatic rings. The van der Waals surface area contributed by atoms with Crippen LogP contribution in [0.15, 0.2) is 28.7 Å². The summed E-state index contributed by atoms with van der Waals surface area (Å²) in [6, 6.07) is 7.43. The minimum atomic E-state index is -0.916. The van der Waals surface area contributed by atoms with Crippen molar-refractivity contribution in [1.29, 1.82) is 0 Å². The Morgan fingerprint density at radius 2 is 1.84 bits per heavy atom. The van der Waals surface area contributed by atoms with E-state index in [4.69, 9.17) is 0 Å². The molecular formula is C14H21BrN2O2. The number of halogens is 1. The Kier molecular flexibility index (Phi) is 5.12. The largest absolute Gasteiger partial charge is 0.389 e. The number of benzene rings is 1. The van der Waals surface area contributed by atoms with E-state index >= 15 is 0 Å². The van der Waals surface area contributed by atoms with Gasteiger partial charge in [-0.2, -0.15) is 0 Å². The van der Waals surface area contributed by atoms with Crippen LogP contribution >= 0.6 is 15.9 Å². The first-order valence-corrected chi connectivity index (χ1v) is 6.94. The van der Waals surface area contributed by atoms with Crippen molar-refractivity contribution < 1.29 is 9.90 Å². The van der Waals surface area contributed by atoms with Gasteiger partial charge in [0, 0.05) is 10.0 Å². The SMILES string of the molecule is CC(C)(O)C(C)(C)NCC(=O)Nc1ccccc1Br. The van der Waals surface area contributed by atoms with Gasteiger partial charge in [-0.1, -0.05) is 12.1 Å². The van der Waals surface area contributed by atoms with Crippen molar-refractivity contribution in [2.24, 2.45) is 0 Å². The lowest BCUT2D eigenvalue weighted by Crippen LogP contribution is -2.57. The van der Waals surface area contributed by atoms with Crippen molar-refractivity contribution in [2.75, 3.05) is 11.9 Å². The summed E-state index contributed by atoms with van der Waals surface area (Å²) in [7, 11) is 0. The average Bonchev–Trinajstić information content (AvgIpc) is 2.28. The predicted molar refractivity (Wildman–Crippen MR) is 81.2 cm³/mol. The summed E-state index contributed by atoms with van der Waals surface area (Å²) in [6.07, 6.45) is 0. The van der Waals surface area contributed by atoms with Gasteiger partial charge in [0.25, 0.3) is 0 Å². The van der Waals surface area contributed by atoms with E-state index in [2.05, 4.69) is 26.6 Å². The van der Waals surface area contributed by atoms with Crippen LogP contribution < -0.4 is 10.6 Å². The molecule has 0 atom stereocenters. The zero-order valence-electron chi connectivity index (χ0n) is 11.7. The highest BCUT2D eigenvalue weighted by molar-refractivity contribution is 9.10. The van der Waals surface area contributed by atoms with E-state index in [0.29, 0.717) is 0 Å². The Labute approximate surface area is 122 Å². The number of hydrogen-bond donors (Lipinski definition) is 3. The van der Waals surface area contributed by atoms with Gasteiger partial charge in [-0.3, -0.25) is 4.79 Å². The maximum Gasteiger partial charge on any atom is 0.238 e. The van der Waals surface area contributed by atoms with E-state index in [0.717, 1.165) is 10.2 Å². The first-order valence-electron chi connectivity index (χ1n) is 6.15. The van der Waals surface area contributed by atoms with Crippen LogP contribution in [0.4, 0.5) is 5.69 Å². The number of nitrogens with one attached hydrogen (secondary N) is 2. The number of rotatable bonds is 5. The summed E-state index contributed by atoms with van der Waals surface area (Å²) in [5, 5.41) is 15.9. The fraction of sp³-hybridized carbons (Fsp3) is 0.500. The molecule has 0 aromatic heterocycles. The van der Waals surface area contributed by atoms with Crippen LogP contribution in [0, 0.1) is 0 Å². The van der Waals surface area contributed by atoms with E-state index in [1.807, 2.05) is 38.1 Å². The van der Waals surface area contributed by atoms with Crippen molar-refractivity contribution >= 4 is 27.5 Å². The van der Waals surface area contributed by atoms with E-state index in [1.165, 1.54) is 0 Å². The van der Waals surface area contributed by atoms with Crippen LogP contribution in [0.2, 0.25) is 0 Å². The first kappa shape index (κ1) is 16.1. The third-order valence-corrected chi connectivity index (χ3v) is 4.06. The maximum atomic E-state index is 11.9. The molecule has 0 aliphatic heterocycles. The minimum Gasteiger partial charge on any atom is -0.389 e. The smallest absolute Gasteiger partial charge is 0.238 e. The number of anilines is 1. The quantitative estimate of drug-likeness (QED) is 0.778. The van der Waals surface area contributed by atoms with Gasteiger partial charge in [-0.05, 0) is 55.8 Å². The molecule has 0 heterocycles. The summed E-state index contributed by atoms with van der Waals surface area (Å²) in [4.78, 5) is 11.9. The zero-order valence-corrected chi connectivity index (χ0v) is 13.3. The second kappa shape index (κ2) is 6.03. The summed E-state index contributed by atoms with van der Waals surface area (Å²) < 4.78 is 0.838. The lowest BCUT2D eigenvalue weighted by atomic mass is 9.86. The first-order chi connectivity index (χ1) is 8.63. The van der Waals surface area contributed by atoms with Crippen LogP contribution in [0.1, 0.15) is 27.7 Å². The molecule has 1 aromatic rings. The van der Waals surface area contributed by atoms with Crippen molar-refractivity contribution in [3.63, 3.8) is 0 Å². The molecule has 1 amide bonds. The van der Waals surface area contributed by atoms with Gasteiger partial charge < -0.3 is 15.7 Å². The predicted octanol–water partition coefficient (Wildman–Crippen LogP) is 2.53. The fourth-order valence-electron chi connectivity index (χ4n) is 1.27. The Morgan fingerprint density at radius 3 is 2.37 bits per heavy atom. The maximum absolute atomic E-state index is 11.9. The highest BCUT2D eigenvalue weighted by Crippen LogP contribution is 2.22. The Hall–Kier alpha value is -0.910. The molecule has 1 rings (SSSR count). The minimum absolute atomic E-state index is 0.137. The number of amides is 1. The molecule has 1 aromatic carbocycles. The van der Waals surface area contributed by atoms with E-state index < -0.39 is 11.1 Å². The van der Waals surface area contributed by atoms with E-state index in [9.17, 15) is 9.90 Å². The lowest BCUT2D eigenvalue weighted by molar-refractivity contribution is -0.116. The fourth-order valence-corrected chi connectivity index (χ4v) is 1.66. The number of para-hydroxylation sites is 1. The molecule has 3 N–H and O–H groups in total. The summed E-state index contributed by atoms with van der Waals surface area (Å²) in [6.45, 7) is 7.28. The second-order valence-corrected chi connectivity index (χ2v) is 6.42. The molecular weight excluding hydrogens is 308 g/mol. The third kappa shape index (κ3) is 4.60. The van der Waals surface area contributed by atoms with Gasteiger partial charge in [0.05, 0.1) is 17.8 Å². The summed E-state index contributed by atoms with van der Waals surface area (Å²) >= 11 is 3.37. The van der Waals surface area contributed by atoms with E-state index in [-0.39, 0.29) is 12.5 Å². The van der Waals surface area contributed by atoms with Gasteiger partial charge in [0.1, 0.15) is 0 Å². The number of carbonyl (C=O) groups excluding carboxylic acids is 1. The molecule has 0 saturated heterocycles. The molecule has 0 spiro atoms.